The Morgan fingerprint density at radius 1 is 1.44 bits per heavy atom. The fourth-order valence-corrected chi connectivity index (χ4v) is 1.53. The van der Waals surface area contributed by atoms with Crippen molar-refractivity contribution in [2.75, 3.05) is 6.61 Å². The van der Waals surface area contributed by atoms with Gasteiger partial charge in [-0.25, -0.2) is 4.39 Å². The van der Waals surface area contributed by atoms with E-state index in [-0.39, 0.29) is 18.5 Å². The van der Waals surface area contributed by atoms with Gasteiger partial charge in [-0.15, -0.1) is 0 Å². The topological polar surface area (TPSA) is 55.5 Å². The average Bonchev–Trinajstić information content (AvgIpc) is 2.20. The number of aryl methyl sites for hydroxylation is 1. The van der Waals surface area contributed by atoms with Gasteiger partial charge in [0.25, 0.3) is 0 Å². The van der Waals surface area contributed by atoms with Crippen LogP contribution in [0.25, 0.3) is 0 Å². The number of hydrogen-bond donors (Lipinski definition) is 2. The van der Waals surface area contributed by atoms with Crippen molar-refractivity contribution in [1.82, 2.24) is 0 Å². The van der Waals surface area contributed by atoms with Crippen LogP contribution < -0.4 is 10.5 Å². The summed E-state index contributed by atoms with van der Waals surface area (Å²) in [6.07, 6.45) is -0.0196. The highest BCUT2D eigenvalue weighted by molar-refractivity contribution is 5.43. The maximum Gasteiger partial charge on any atom is 0.127 e. The lowest BCUT2D eigenvalue weighted by molar-refractivity contribution is 0.227. The third-order valence-corrected chi connectivity index (χ3v) is 2.22. The molecule has 1 atom stereocenters. The number of aliphatic hydroxyl groups excluding tert-OH is 1. The summed E-state index contributed by atoms with van der Waals surface area (Å²) in [7, 11) is 0. The minimum Gasteiger partial charge on any atom is -0.490 e. The molecule has 0 spiro atoms. The van der Waals surface area contributed by atoms with Gasteiger partial charge in [0.1, 0.15) is 11.6 Å². The second-order valence-corrected chi connectivity index (χ2v) is 4.10. The van der Waals surface area contributed by atoms with Gasteiger partial charge in [-0.3, -0.25) is 0 Å². The van der Waals surface area contributed by atoms with Crippen molar-refractivity contribution in [3.63, 3.8) is 0 Å². The Kier molecular flexibility index (Phi) is 4.26. The molecule has 0 fully saturated rings. The molecule has 1 unspecified atom stereocenters. The second-order valence-electron chi connectivity index (χ2n) is 4.10. The molecule has 90 valence electrons. The highest BCUT2D eigenvalue weighted by atomic mass is 19.1. The highest BCUT2D eigenvalue weighted by Crippen LogP contribution is 2.29. The number of aliphatic hydroxyl groups is 1. The Morgan fingerprint density at radius 2 is 2.06 bits per heavy atom. The van der Waals surface area contributed by atoms with Gasteiger partial charge in [0.05, 0.1) is 18.8 Å². The van der Waals surface area contributed by atoms with Crippen molar-refractivity contribution in [1.29, 1.82) is 0 Å². The van der Waals surface area contributed by atoms with Gasteiger partial charge in [-0.1, -0.05) is 0 Å². The monoisotopic (exact) mass is 227 g/mol. The normalized spacial score (nSPS) is 12.9. The quantitative estimate of drug-likeness (QED) is 0.826. The van der Waals surface area contributed by atoms with E-state index in [1.807, 2.05) is 13.8 Å². The molecule has 0 bridgehead atoms. The van der Waals surface area contributed by atoms with Gasteiger partial charge in [0.15, 0.2) is 0 Å². The van der Waals surface area contributed by atoms with Crippen molar-refractivity contribution >= 4 is 0 Å². The Morgan fingerprint density at radius 3 is 2.56 bits per heavy atom. The molecule has 0 aliphatic heterocycles. The standard InChI is InChI=1S/C12H18FNO2/c1-7(2)16-12-8(3)4-9(13)5-10(12)11(14)6-15/h4-5,7,11,15H,6,14H2,1-3H3. The summed E-state index contributed by atoms with van der Waals surface area (Å²) in [4.78, 5) is 0. The molecule has 16 heavy (non-hydrogen) atoms. The van der Waals surface area contributed by atoms with Gasteiger partial charge in [0.2, 0.25) is 0 Å². The smallest absolute Gasteiger partial charge is 0.127 e. The van der Waals surface area contributed by atoms with Crippen molar-refractivity contribution in [2.45, 2.75) is 32.9 Å². The van der Waals surface area contributed by atoms with Crippen molar-refractivity contribution in [3.8, 4) is 5.75 Å². The van der Waals surface area contributed by atoms with Crippen LogP contribution in [0.2, 0.25) is 0 Å². The van der Waals surface area contributed by atoms with E-state index in [1.54, 1.807) is 6.92 Å². The predicted molar refractivity (Wildman–Crippen MR) is 60.9 cm³/mol. The lowest BCUT2D eigenvalue weighted by atomic mass is 10.0. The van der Waals surface area contributed by atoms with E-state index in [2.05, 4.69) is 0 Å². The van der Waals surface area contributed by atoms with Crippen LogP contribution in [0, 0.1) is 12.7 Å². The van der Waals surface area contributed by atoms with Crippen molar-refractivity contribution in [2.24, 2.45) is 5.73 Å². The van der Waals surface area contributed by atoms with E-state index in [1.165, 1.54) is 12.1 Å². The summed E-state index contributed by atoms with van der Waals surface area (Å²) in [5, 5.41) is 9.03. The molecule has 0 saturated carbocycles. The van der Waals surface area contributed by atoms with Crippen LogP contribution in [-0.2, 0) is 0 Å². The Bertz CT molecular complexity index is 366. The summed E-state index contributed by atoms with van der Waals surface area (Å²) in [5.41, 5.74) is 6.91. The molecule has 0 aliphatic rings. The van der Waals surface area contributed by atoms with E-state index in [9.17, 15) is 4.39 Å². The number of halogens is 1. The Hall–Kier alpha value is -1.13. The van der Waals surface area contributed by atoms with Crippen LogP contribution in [0.4, 0.5) is 4.39 Å². The first-order chi connectivity index (χ1) is 7.45. The summed E-state index contributed by atoms with van der Waals surface area (Å²) in [5.74, 6) is 0.199. The lowest BCUT2D eigenvalue weighted by Gasteiger charge is -2.19. The van der Waals surface area contributed by atoms with E-state index in [0.717, 1.165) is 0 Å². The fraction of sp³-hybridized carbons (Fsp3) is 0.500. The van der Waals surface area contributed by atoms with E-state index >= 15 is 0 Å². The maximum atomic E-state index is 13.2. The summed E-state index contributed by atoms with van der Waals surface area (Å²) < 4.78 is 18.8. The lowest BCUT2D eigenvalue weighted by Crippen LogP contribution is -2.18. The average molecular weight is 227 g/mol. The number of benzene rings is 1. The molecule has 4 heteroatoms. The number of nitrogens with two attached hydrogens (primary N) is 1. The molecule has 0 amide bonds. The zero-order valence-corrected chi connectivity index (χ0v) is 9.83. The van der Waals surface area contributed by atoms with Crippen LogP contribution in [-0.4, -0.2) is 17.8 Å². The molecule has 0 aromatic heterocycles. The molecule has 0 radical (unpaired) electrons. The van der Waals surface area contributed by atoms with E-state index in [0.29, 0.717) is 16.9 Å². The number of rotatable bonds is 4. The molecule has 0 saturated heterocycles. The molecule has 0 heterocycles. The SMILES string of the molecule is Cc1cc(F)cc(C(N)CO)c1OC(C)C. The van der Waals surface area contributed by atoms with Crippen LogP contribution >= 0.6 is 0 Å². The molecule has 3 N–H and O–H groups in total. The molecule has 3 nitrogen and oxygen atoms in total. The molecule has 0 aliphatic carbocycles. The van der Waals surface area contributed by atoms with Crippen LogP contribution in [0.15, 0.2) is 12.1 Å². The molecular weight excluding hydrogens is 209 g/mol. The van der Waals surface area contributed by atoms with Gasteiger partial charge < -0.3 is 15.6 Å². The predicted octanol–water partition coefficient (Wildman–Crippen LogP) is 1.91. The summed E-state index contributed by atoms with van der Waals surface area (Å²) in [6, 6.07) is 2.08. The molecular formula is C12H18FNO2. The van der Waals surface area contributed by atoms with Gasteiger partial charge in [0, 0.05) is 5.56 Å². The third-order valence-electron chi connectivity index (χ3n) is 2.22. The first-order valence-corrected chi connectivity index (χ1v) is 5.28. The zero-order chi connectivity index (χ0) is 12.3. The minimum atomic E-state index is -0.622. The highest BCUT2D eigenvalue weighted by Gasteiger charge is 2.16. The van der Waals surface area contributed by atoms with Crippen LogP contribution in [0.3, 0.4) is 0 Å². The van der Waals surface area contributed by atoms with Gasteiger partial charge >= 0.3 is 0 Å². The second kappa shape index (κ2) is 5.27. The van der Waals surface area contributed by atoms with Gasteiger partial charge in [-0.2, -0.15) is 0 Å². The molecule has 1 rings (SSSR count). The van der Waals surface area contributed by atoms with E-state index < -0.39 is 6.04 Å². The summed E-state index contributed by atoms with van der Waals surface area (Å²) >= 11 is 0. The number of ether oxygens (including phenoxy) is 1. The minimum absolute atomic E-state index is 0.0196. The Balaban J connectivity index is 3.20. The maximum absolute atomic E-state index is 13.2. The van der Waals surface area contributed by atoms with Crippen LogP contribution in [0.1, 0.15) is 31.0 Å². The van der Waals surface area contributed by atoms with Crippen molar-refractivity contribution in [3.05, 3.63) is 29.1 Å². The third kappa shape index (κ3) is 2.93. The van der Waals surface area contributed by atoms with Crippen molar-refractivity contribution < 1.29 is 14.2 Å². The van der Waals surface area contributed by atoms with Gasteiger partial charge in [-0.05, 0) is 38.5 Å². The first kappa shape index (κ1) is 12.9. The Labute approximate surface area is 95.0 Å². The molecule has 1 aromatic rings. The molecule has 1 aromatic carbocycles. The zero-order valence-electron chi connectivity index (χ0n) is 9.83. The van der Waals surface area contributed by atoms with Crippen LogP contribution in [0.5, 0.6) is 5.75 Å². The largest absolute Gasteiger partial charge is 0.490 e. The summed E-state index contributed by atoms with van der Waals surface area (Å²) in [6.45, 7) is 5.29. The first-order valence-electron chi connectivity index (χ1n) is 5.28. The number of hydrogen-bond acceptors (Lipinski definition) is 3. The fourth-order valence-electron chi connectivity index (χ4n) is 1.53. The van der Waals surface area contributed by atoms with E-state index in [4.69, 9.17) is 15.6 Å².